The second-order valence-corrected chi connectivity index (χ2v) is 21.0. The van der Waals surface area contributed by atoms with Crippen LogP contribution in [0.5, 0.6) is 0 Å². The van der Waals surface area contributed by atoms with Gasteiger partial charge in [-0.1, -0.05) is 79.2 Å². The Hall–Kier alpha value is -4.85. The van der Waals surface area contributed by atoms with Gasteiger partial charge in [0.15, 0.2) is 18.0 Å². The van der Waals surface area contributed by atoms with Gasteiger partial charge in [0.05, 0.1) is 19.1 Å². The van der Waals surface area contributed by atoms with Crippen LogP contribution < -0.4 is 26.3 Å². The van der Waals surface area contributed by atoms with Crippen LogP contribution in [0.25, 0.3) is 0 Å². The summed E-state index contributed by atoms with van der Waals surface area (Å²) in [5, 5.41) is 34.4. The third-order valence-corrected chi connectivity index (χ3v) is 12.8. The fraction of sp³-hybridized carbons (Fsp3) is 0.745. The molecule has 19 heteroatoms. The fourth-order valence-corrected chi connectivity index (χ4v) is 8.06. The lowest BCUT2D eigenvalue weighted by molar-refractivity contribution is -0.943. The molecular weight excluding hydrogens is 899 g/mol. The van der Waals surface area contributed by atoms with Crippen molar-refractivity contribution in [2.45, 2.75) is 196 Å². The minimum atomic E-state index is -2.09. The first-order valence-electron chi connectivity index (χ1n) is 24.7. The first kappa shape index (κ1) is 65.1. The molecule has 11 atom stereocenters. The van der Waals surface area contributed by atoms with Crippen molar-refractivity contribution in [1.82, 2.24) is 36.0 Å². The molecule has 7 amide bonds. The highest BCUT2D eigenvalue weighted by Crippen LogP contribution is 2.27. The topological polar surface area (TPSA) is 245 Å². The van der Waals surface area contributed by atoms with Crippen LogP contribution in [0.1, 0.15) is 142 Å². The quantitative estimate of drug-likeness (QED) is 0.0147. The van der Waals surface area contributed by atoms with Gasteiger partial charge in [-0.2, -0.15) is 0 Å². The number of carbonyl (C=O) groups excluding carboxylic acids is 8. The van der Waals surface area contributed by atoms with Crippen LogP contribution in [0.15, 0.2) is 24.3 Å². The van der Waals surface area contributed by atoms with Crippen molar-refractivity contribution >= 4 is 54.4 Å². The molecule has 0 aliphatic carbocycles. The van der Waals surface area contributed by atoms with E-state index in [0.29, 0.717) is 25.5 Å². The standard InChI is InChI=1S/C51H91N9O10/c1-21-23-25-34(9)35(10)28-41(62)54-39(24-22-2)48(67)56(16)38(13)47(66)59(19)51(30-61,29-50(14,15)69)55-43(33(7)8)49(68)57(17)40(26-31(3)4)45(64)52-36(11)44(63)53-37(12)46(65)58(18)42(60(20)70)27-32(5)6/h21,23,30-32,34-40,42-43,55,60,69H,7,18,22,24-29H2,1-6,8-17,19-20H3,(H2-,52,53,54,62,63,64)/p+1/b23-21+/t34-,35?,36?,37?,38?,39+,40+,42-,43+,51?/m1/s1. The number of nitrogens with one attached hydrogen (secondary N) is 5. The Morgan fingerprint density at radius 3 is 1.81 bits per heavy atom. The number of amides is 7. The van der Waals surface area contributed by atoms with Crippen LogP contribution in [0.4, 0.5) is 0 Å². The molecule has 6 N–H and O–H groups in total. The van der Waals surface area contributed by atoms with E-state index in [0.717, 1.165) is 20.8 Å². The zero-order chi connectivity index (χ0) is 54.8. The van der Waals surface area contributed by atoms with E-state index in [1.165, 1.54) is 74.6 Å². The van der Waals surface area contributed by atoms with Crippen LogP contribution in [-0.4, -0.2) is 161 Å². The second-order valence-electron chi connectivity index (χ2n) is 21.0. The van der Waals surface area contributed by atoms with E-state index in [4.69, 9.17) is 0 Å². The number of aldehydes is 1. The van der Waals surface area contributed by atoms with Gasteiger partial charge in [-0.05, 0) is 91.4 Å². The van der Waals surface area contributed by atoms with E-state index >= 15 is 0 Å². The van der Waals surface area contributed by atoms with E-state index in [-0.39, 0.29) is 53.1 Å². The number of carbonyl (C=O) groups is 8. The Balaban J connectivity index is 6.69. The third kappa shape index (κ3) is 20.1. The predicted molar refractivity (Wildman–Crippen MR) is 273 cm³/mol. The van der Waals surface area contributed by atoms with E-state index < -0.39 is 95.5 Å². The normalized spacial score (nSPS) is 17.1. The molecule has 0 saturated carbocycles. The summed E-state index contributed by atoms with van der Waals surface area (Å²) in [5.41, 5.74) is -3.52. The van der Waals surface area contributed by atoms with Crippen LogP contribution >= 0.6 is 0 Å². The molecule has 0 spiro atoms. The van der Waals surface area contributed by atoms with Crippen molar-refractivity contribution in [2.24, 2.45) is 23.7 Å². The van der Waals surface area contributed by atoms with Crippen LogP contribution in [-0.2, 0) is 38.4 Å². The van der Waals surface area contributed by atoms with Crippen LogP contribution in [0.2, 0.25) is 0 Å². The van der Waals surface area contributed by atoms with E-state index in [1.54, 1.807) is 0 Å². The van der Waals surface area contributed by atoms with Crippen molar-refractivity contribution in [3.05, 3.63) is 29.5 Å². The van der Waals surface area contributed by atoms with E-state index in [1.807, 2.05) is 60.6 Å². The average molecular weight is 991 g/mol. The van der Waals surface area contributed by atoms with E-state index in [2.05, 4.69) is 41.5 Å². The maximum atomic E-state index is 14.6. The third-order valence-electron chi connectivity index (χ3n) is 12.8. The summed E-state index contributed by atoms with van der Waals surface area (Å²) in [5.74, 6) is -4.05. The Labute approximate surface area is 419 Å². The molecular formula is C51H92N9O10+. The number of rotatable bonds is 31. The molecule has 0 aromatic rings. The van der Waals surface area contributed by atoms with Gasteiger partial charge in [-0.15, -0.1) is 4.58 Å². The first-order chi connectivity index (χ1) is 32.1. The van der Waals surface area contributed by atoms with E-state index in [9.17, 15) is 48.7 Å². The summed E-state index contributed by atoms with van der Waals surface area (Å²) in [6.07, 6.45) is 5.59. The number of aliphatic hydroxyl groups is 1. The molecule has 6 unspecified atom stereocenters. The number of likely N-dealkylation sites (N-methyl/N-ethyl adjacent to an activating group) is 3. The molecule has 0 rings (SSSR count). The van der Waals surface area contributed by atoms with Gasteiger partial charge >= 0.3 is 5.91 Å². The molecule has 0 heterocycles. The lowest BCUT2D eigenvalue weighted by Gasteiger charge is -2.45. The fourth-order valence-electron chi connectivity index (χ4n) is 8.06. The Morgan fingerprint density at radius 2 is 1.36 bits per heavy atom. The van der Waals surface area contributed by atoms with Crippen molar-refractivity contribution in [1.29, 1.82) is 0 Å². The van der Waals surface area contributed by atoms with Gasteiger partial charge in [0.2, 0.25) is 35.4 Å². The summed E-state index contributed by atoms with van der Waals surface area (Å²) in [7, 11) is 5.49. The molecule has 70 heavy (non-hydrogen) atoms. The zero-order valence-corrected chi connectivity index (χ0v) is 45.9. The number of quaternary nitrogens is 1. The highest BCUT2D eigenvalue weighted by Gasteiger charge is 2.47. The maximum Gasteiger partial charge on any atom is 0.413 e. The second kappa shape index (κ2) is 29.5. The molecule has 0 aromatic heterocycles. The number of hydroxylamine groups is 2. The largest absolute Gasteiger partial charge is 0.630 e. The lowest BCUT2D eigenvalue weighted by Crippen LogP contribution is -3.10. The SMILES string of the molecule is C=C(C)[C@H](NC(C=O)(CC(C)(C)O)N(C)C(=O)C(C)N(C)C(=O)[C@H](CCC)NC(=O)CC(C)[C@H](C)C/C=C/C)C(=O)N(C)[C@@H](CC(C)C)C(=O)NC(C)C(=O)NC(C)C(=O)[N+](=C)[C@@H](CC(C)C)[NH+](C)[O-]. The average Bonchev–Trinajstić information content (AvgIpc) is 3.26. The number of nitrogens with zero attached hydrogens (tertiary/aromatic N) is 4. The Kier molecular flexibility index (Phi) is 27.4. The van der Waals surface area contributed by atoms with Gasteiger partial charge in [-0.25, -0.2) is 4.79 Å². The molecule has 0 saturated heterocycles. The maximum absolute atomic E-state index is 14.6. The van der Waals surface area contributed by atoms with Crippen molar-refractivity contribution < 1.29 is 53.1 Å². The highest BCUT2D eigenvalue weighted by molar-refractivity contribution is 5.96. The Bertz CT molecular complexity index is 1850. The molecule has 0 radical (unpaired) electrons. The minimum absolute atomic E-state index is 0.0403. The van der Waals surface area contributed by atoms with Gasteiger partial charge in [0, 0.05) is 34.0 Å². The number of allylic oxidation sites excluding steroid dienone is 2. The summed E-state index contributed by atoms with van der Waals surface area (Å²) < 4.78 is 1.07. The Morgan fingerprint density at radius 1 is 0.814 bits per heavy atom. The minimum Gasteiger partial charge on any atom is -0.630 e. The monoisotopic (exact) mass is 991 g/mol. The summed E-state index contributed by atoms with van der Waals surface area (Å²) in [6.45, 7) is 31.8. The highest BCUT2D eigenvalue weighted by atomic mass is 16.5. The first-order valence-corrected chi connectivity index (χ1v) is 24.7. The van der Waals surface area contributed by atoms with Crippen molar-refractivity contribution in [3.63, 3.8) is 0 Å². The van der Waals surface area contributed by atoms with Crippen molar-refractivity contribution in [3.8, 4) is 0 Å². The summed E-state index contributed by atoms with van der Waals surface area (Å²) >= 11 is 0. The van der Waals surface area contributed by atoms with Gasteiger partial charge in [0.1, 0.15) is 36.9 Å². The molecule has 19 nitrogen and oxygen atoms in total. The molecule has 0 fully saturated rings. The summed E-state index contributed by atoms with van der Waals surface area (Å²) in [6, 6.07) is -7.01. The van der Waals surface area contributed by atoms with Gasteiger partial charge in [-0.3, -0.25) is 38.9 Å². The summed E-state index contributed by atoms with van der Waals surface area (Å²) in [4.78, 5) is 114. The predicted octanol–water partition coefficient (Wildman–Crippen LogP) is 2.30. The number of hydrogen-bond donors (Lipinski definition) is 6. The lowest BCUT2D eigenvalue weighted by atomic mass is 9.89. The van der Waals surface area contributed by atoms with Crippen LogP contribution in [0.3, 0.4) is 0 Å². The van der Waals surface area contributed by atoms with Gasteiger partial charge in [0.25, 0.3) is 6.17 Å². The van der Waals surface area contributed by atoms with Crippen molar-refractivity contribution in [2.75, 3.05) is 28.2 Å². The van der Waals surface area contributed by atoms with Crippen LogP contribution in [0, 0.1) is 28.9 Å². The molecule has 0 aliphatic heterocycles. The molecule has 400 valence electrons. The smallest absolute Gasteiger partial charge is 0.413 e. The molecule has 0 aliphatic rings. The molecule has 0 aromatic carbocycles. The zero-order valence-electron chi connectivity index (χ0n) is 45.9. The van der Waals surface area contributed by atoms with Gasteiger partial charge < -0.3 is 46.0 Å². The number of hydrogen-bond acceptors (Lipinski definition) is 11. The molecule has 0 bridgehead atoms.